The summed E-state index contributed by atoms with van der Waals surface area (Å²) in [6.45, 7) is 0.104. The van der Waals surface area contributed by atoms with Crippen LogP contribution in [0.15, 0.2) is 6.33 Å². The summed E-state index contributed by atoms with van der Waals surface area (Å²) in [7, 11) is 0. The Hall–Kier alpha value is -1.44. The van der Waals surface area contributed by atoms with Gasteiger partial charge in [0.05, 0.1) is 6.67 Å². The molecule has 1 aromatic heterocycles. The highest BCUT2D eigenvalue weighted by Crippen LogP contribution is 1.90. The van der Waals surface area contributed by atoms with E-state index in [9.17, 15) is 4.39 Å². The Labute approximate surface area is 63.3 Å². The Morgan fingerprint density at radius 3 is 3.09 bits per heavy atom. The second-order valence-electron chi connectivity index (χ2n) is 1.99. The van der Waals surface area contributed by atoms with E-state index < -0.39 is 0 Å². The number of halogens is 1. The van der Waals surface area contributed by atoms with E-state index in [2.05, 4.69) is 10.1 Å². The van der Waals surface area contributed by atoms with Crippen molar-refractivity contribution in [1.29, 1.82) is 5.26 Å². The van der Waals surface area contributed by atoms with Gasteiger partial charge in [-0.2, -0.15) is 5.26 Å². The molecule has 4 nitrogen and oxygen atoms in total. The van der Waals surface area contributed by atoms with Gasteiger partial charge in [0.25, 0.3) is 5.82 Å². The number of hydrogen-bond acceptors (Lipinski definition) is 3. The lowest BCUT2D eigenvalue weighted by atomic mass is 10.5. The van der Waals surface area contributed by atoms with Gasteiger partial charge < -0.3 is 0 Å². The summed E-state index contributed by atoms with van der Waals surface area (Å²) in [6, 6.07) is 1.79. The average Bonchev–Trinajstić information content (AvgIpc) is 2.48. The predicted octanol–water partition coefficient (Wildman–Crippen LogP) is 0.509. The first-order valence-electron chi connectivity index (χ1n) is 3.22. The van der Waals surface area contributed by atoms with E-state index in [1.165, 1.54) is 11.0 Å². The lowest BCUT2D eigenvalue weighted by Crippen LogP contribution is -1.99. The summed E-state index contributed by atoms with van der Waals surface area (Å²) in [6.07, 6.45) is 1.84. The van der Waals surface area contributed by atoms with Gasteiger partial charge in [0.15, 0.2) is 0 Å². The molecule has 0 fully saturated rings. The quantitative estimate of drug-likeness (QED) is 0.637. The molecular weight excluding hydrogens is 147 g/mol. The van der Waals surface area contributed by atoms with E-state index in [0.29, 0.717) is 13.0 Å². The molecule has 0 aromatic carbocycles. The van der Waals surface area contributed by atoms with Crippen LogP contribution in [-0.4, -0.2) is 21.4 Å². The van der Waals surface area contributed by atoms with Crippen LogP contribution in [0.1, 0.15) is 12.2 Å². The molecule has 0 spiro atoms. The Kier molecular flexibility index (Phi) is 2.55. The summed E-state index contributed by atoms with van der Waals surface area (Å²) in [5.74, 6) is 0.129. The summed E-state index contributed by atoms with van der Waals surface area (Å²) >= 11 is 0. The molecule has 0 atom stereocenters. The molecule has 0 saturated carbocycles. The van der Waals surface area contributed by atoms with E-state index in [0.717, 1.165) is 0 Å². The van der Waals surface area contributed by atoms with Gasteiger partial charge >= 0.3 is 0 Å². The van der Waals surface area contributed by atoms with Crippen LogP contribution in [0.5, 0.6) is 0 Å². The molecule has 0 aliphatic rings. The highest BCUT2D eigenvalue weighted by Gasteiger charge is 1.96. The number of nitrogens with zero attached hydrogens (tertiary/aromatic N) is 4. The average molecular weight is 154 g/mol. The molecule has 0 saturated heterocycles. The third-order valence-corrected chi connectivity index (χ3v) is 1.16. The summed E-state index contributed by atoms with van der Waals surface area (Å²) in [5.41, 5.74) is 0. The smallest absolute Gasteiger partial charge is 0.252 e. The van der Waals surface area contributed by atoms with Crippen LogP contribution in [0.3, 0.4) is 0 Å². The normalized spacial score (nSPS) is 9.45. The van der Waals surface area contributed by atoms with Gasteiger partial charge in [0, 0.05) is 6.54 Å². The van der Waals surface area contributed by atoms with Crippen molar-refractivity contribution in [1.82, 2.24) is 14.8 Å². The molecule has 0 aliphatic heterocycles. The van der Waals surface area contributed by atoms with E-state index in [1.54, 1.807) is 6.07 Å². The number of rotatable bonds is 3. The molecule has 58 valence electrons. The van der Waals surface area contributed by atoms with Crippen molar-refractivity contribution in [2.24, 2.45) is 0 Å². The molecule has 1 rings (SSSR count). The minimum Gasteiger partial charge on any atom is -0.252 e. The fourth-order valence-corrected chi connectivity index (χ4v) is 0.675. The van der Waals surface area contributed by atoms with Gasteiger partial charge in [0.2, 0.25) is 0 Å². The summed E-state index contributed by atoms with van der Waals surface area (Å²) < 4.78 is 13.1. The fraction of sp³-hybridized carbons (Fsp3) is 0.500. The molecule has 11 heavy (non-hydrogen) atoms. The maximum Gasteiger partial charge on any atom is 0.252 e. The van der Waals surface area contributed by atoms with Gasteiger partial charge in [-0.3, -0.25) is 9.07 Å². The number of aromatic nitrogens is 3. The van der Waals surface area contributed by atoms with Crippen LogP contribution < -0.4 is 0 Å². The molecule has 0 amide bonds. The number of aryl methyl sites for hydroxylation is 1. The SMILES string of the molecule is N#Cc1ncn(CCCF)n1. The Morgan fingerprint density at radius 1 is 1.73 bits per heavy atom. The largest absolute Gasteiger partial charge is 0.252 e. The molecule has 0 bridgehead atoms. The number of nitriles is 1. The third kappa shape index (κ3) is 2.00. The van der Waals surface area contributed by atoms with E-state index in [1.807, 2.05) is 0 Å². The third-order valence-electron chi connectivity index (χ3n) is 1.16. The van der Waals surface area contributed by atoms with E-state index in [-0.39, 0.29) is 12.5 Å². The van der Waals surface area contributed by atoms with Gasteiger partial charge in [-0.1, -0.05) is 0 Å². The van der Waals surface area contributed by atoms with Crippen LogP contribution in [0.2, 0.25) is 0 Å². The van der Waals surface area contributed by atoms with Crippen LogP contribution in [0.4, 0.5) is 4.39 Å². The van der Waals surface area contributed by atoms with Gasteiger partial charge in [-0.25, -0.2) is 4.98 Å². The van der Waals surface area contributed by atoms with Gasteiger partial charge in [-0.15, -0.1) is 5.10 Å². The number of alkyl halides is 1. The fourth-order valence-electron chi connectivity index (χ4n) is 0.675. The first kappa shape index (κ1) is 7.66. The zero-order chi connectivity index (χ0) is 8.10. The van der Waals surface area contributed by atoms with Crippen LogP contribution >= 0.6 is 0 Å². The van der Waals surface area contributed by atoms with Crippen LogP contribution in [0, 0.1) is 11.3 Å². The van der Waals surface area contributed by atoms with Gasteiger partial charge in [0.1, 0.15) is 12.4 Å². The van der Waals surface area contributed by atoms with Crippen molar-refractivity contribution in [3.8, 4) is 6.07 Å². The highest BCUT2D eigenvalue weighted by atomic mass is 19.1. The molecule has 0 N–H and O–H groups in total. The Morgan fingerprint density at radius 2 is 2.55 bits per heavy atom. The van der Waals surface area contributed by atoms with Crippen molar-refractivity contribution in [2.75, 3.05) is 6.67 Å². The Balaban J connectivity index is 2.53. The first-order valence-corrected chi connectivity index (χ1v) is 3.22. The highest BCUT2D eigenvalue weighted by molar-refractivity contribution is 5.05. The maximum atomic E-state index is 11.6. The maximum absolute atomic E-state index is 11.6. The zero-order valence-corrected chi connectivity index (χ0v) is 5.87. The molecule has 0 radical (unpaired) electrons. The van der Waals surface area contributed by atoms with Crippen LogP contribution in [-0.2, 0) is 6.54 Å². The number of hydrogen-bond donors (Lipinski definition) is 0. The topological polar surface area (TPSA) is 54.5 Å². The molecule has 5 heteroatoms. The minimum atomic E-state index is -0.373. The van der Waals surface area contributed by atoms with E-state index >= 15 is 0 Å². The molecular formula is C6H7FN4. The zero-order valence-electron chi connectivity index (χ0n) is 5.87. The van der Waals surface area contributed by atoms with E-state index in [4.69, 9.17) is 5.26 Å². The second kappa shape index (κ2) is 3.66. The standard InChI is InChI=1S/C6H7FN4/c7-2-1-3-11-5-9-6(4-8)10-11/h5H,1-3H2. The monoisotopic (exact) mass is 154 g/mol. The van der Waals surface area contributed by atoms with Crippen molar-refractivity contribution in [3.05, 3.63) is 12.2 Å². The minimum absolute atomic E-state index is 0.129. The molecule has 1 heterocycles. The van der Waals surface area contributed by atoms with Crippen molar-refractivity contribution < 1.29 is 4.39 Å². The molecule has 0 aliphatic carbocycles. The second-order valence-corrected chi connectivity index (χ2v) is 1.99. The lowest BCUT2D eigenvalue weighted by Gasteiger charge is -1.93. The van der Waals surface area contributed by atoms with Crippen LogP contribution in [0.25, 0.3) is 0 Å². The predicted molar refractivity (Wildman–Crippen MR) is 35.3 cm³/mol. The lowest BCUT2D eigenvalue weighted by molar-refractivity contribution is 0.434. The molecule has 0 unspecified atom stereocenters. The first-order chi connectivity index (χ1) is 5.36. The summed E-state index contributed by atoms with van der Waals surface area (Å²) in [4.78, 5) is 3.66. The Bertz CT molecular complexity index is 262. The molecule has 1 aromatic rings. The van der Waals surface area contributed by atoms with Crippen molar-refractivity contribution in [2.45, 2.75) is 13.0 Å². The summed E-state index contributed by atoms with van der Waals surface area (Å²) in [5, 5.41) is 12.1. The van der Waals surface area contributed by atoms with Crippen molar-refractivity contribution in [3.63, 3.8) is 0 Å². The van der Waals surface area contributed by atoms with Crippen molar-refractivity contribution >= 4 is 0 Å². The van der Waals surface area contributed by atoms with Gasteiger partial charge in [-0.05, 0) is 6.42 Å².